The maximum Gasteiger partial charge on any atom is 0.279 e. The Morgan fingerprint density at radius 1 is 1.29 bits per heavy atom. The van der Waals surface area contributed by atoms with Gasteiger partial charge in [-0.05, 0) is 31.7 Å². The second-order valence-corrected chi connectivity index (χ2v) is 8.65. The fourth-order valence-electron chi connectivity index (χ4n) is 3.08. The summed E-state index contributed by atoms with van der Waals surface area (Å²) in [6.07, 6.45) is 3.63. The molecule has 1 heterocycles. The van der Waals surface area contributed by atoms with E-state index in [0.717, 1.165) is 45.3 Å². The number of hydrogen-bond donors (Lipinski definition) is 1. The quantitative estimate of drug-likeness (QED) is 0.781. The Balaban J connectivity index is 1.80. The zero-order valence-corrected chi connectivity index (χ0v) is 16.0. The van der Waals surface area contributed by atoms with Crippen LogP contribution in [0.3, 0.4) is 0 Å². The highest BCUT2D eigenvalue weighted by atomic mass is 32.2. The minimum Gasteiger partial charge on any atom is -0.299 e. The van der Waals surface area contributed by atoms with Gasteiger partial charge in [0.15, 0.2) is 0 Å². The smallest absolute Gasteiger partial charge is 0.279 e. The van der Waals surface area contributed by atoms with E-state index in [4.69, 9.17) is 0 Å². The number of piperidine rings is 1. The maximum atomic E-state index is 12.3. The minimum atomic E-state index is -3.35. The van der Waals surface area contributed by atoms with Crippen molar-refractivity contribution in [3.05, 3.63) is 35.4 Å². The summed E-state index contributed by atoms with van der Waals surface area (Å²) in [5.74, 6) is 0. The number of rotatable bonds is 8. The summed E-state index contributed by atoms with van der Waals surface area (Å²) in [4.78, 5) is 2.40. The Kier molecular flexibility index (Phi) is 7.22. The van der Waals surface area contributed by atoms with Crippen molar-refractivity contribution in [3.63, 3.8) is 0 Å². The van der Waals surface area contributed by atoms with E-state index in [1.54, 1.807) is 7.05 Å². The van der Waals surface area contributed by atoms with Gasteiger partial charge in [-0.3, -0.25) is 4.90 Å². The summed E-state index contributed by atoms with van der Waals surface area (Å²) in [6.45, 7) is 7.56. The highest BCUT2D eigenvalue weighted by molar-refractivity contribution is 7.87. The molecule has 0 aliphatic carbocycles. The van der Waals surface area contributed by atoms with Gasteiger partial charge in [-0.2, -0.15) is 17.4 Å². The largest absolute Gasteiger partial charge is 0.299 e. The van der Waals surface area contributed by atoms with Crippen LogP contribution >= 0.6 is 0 Å². The van der Waals surface area contributed by atoms with Crippen molar-refractivity contribution in [2.75, 3.05) is 26.7 Å². The Morgan fingerprint density at radius 2 is 2.00 bits per heavy atom. The average molecular weight is 354 g/mol. The zero-order chi connectivity index (χ0) is 17.6. The molecule has 24 heavy (non-hydrogen) atoms. The number of aryl methyl sites for hydroxylation is 1. The summed E-state index contributed by atoms with van der Waals surface area (Å²) in [5.41, 5.74) is 2.61. The SMILES string of the molecule is CCCCN(C)S(=O)(=O)NC1CCN(Cc2cccc(C)c2)CC1. The lowest BCUT2D eigenvalue weighted by molar-refractivity contribution is 0.199. The molecule has 2 rings (SSSR count). The number of hydrogen-bond acceptors (Lipinski definition) is 3. The van der Waals surface area contributed by atoms with E-state index in [-0.39, 0.29) is 6.04 Å². The van der Waals surface area contributed by atoms with E-state index in [2.05, 4.69) is 47.7 Å². The predicted molar refractivity (Wildman–Crippen MR) is 99.1 cm³/mol. The predicted octanol–water partition coefficient (Wildman–Crippen LogP) is 2.53. The van der Waals surface area contributed by atoms with E-state index in [1.165, 1.54) is 15.4 Å². The van der Waals surface area contributed by atoms with Gasteiger partial charge < -0.3 is 0 Å². The van der Waals surface area contributed by atoms with Crippen molar-refractivity contribution >= 4 is 10.2 Å². The van der Waals surface area contributed by atoms with Gasteiger partial charge in [-0.25, -0.2) is 0 Å². The van der Waals surface area contributed by atoms with Crippen molar-refractivity contribution in [1.29, 1.82) is 0 Å². The lowest BCUT2D eigenvalue weighted by atomic mass is 10.0. The first-order valence-electron chi connectivity index (χ1n) is 8.92. The van der Waals surface area contributed by atoms with Gasteiger partial charge in [-0.15, -0.1) is 0 Å². The van der Waals surface area contributed by atoms with E-state index in [0.29, 0.717) is 6.54 Å². The van der Waals surface area contributed by atoms with Gasteiger partial charge in [0.2, 0.25) is 0 Å². The third-order valence-electron chi connectivity index (χ3n) is 4.63. The van der Waals surface area contributed by atoms with Crippen LogP contribution in [-0.2, 0) is 16.8 Å². The van der Waals surface area contributed by atoms with E-state index in [9.17, 15) is 8.42 Å². The van der Waals surface area contributed by atoms with E-state index >= 15 is 0 Å². The van der Waals surface area contributed by atoms with Gasteiger partial charge in [-0.1, -0.05) is 43.2 Å². The molecular weight excluding hydrogens is 322 g/mol. The monoisotopic (exact) mass is 353 g/mol. The van der Waals surface area contributed by atoms with Gasteiger partial charge in [0.1, 0.15) is 0 Å². The van der Waals surface area contributed by atoms with E-state index < -0.39 is 10.2 Å². The molecule has 0 amide bonds. The first kappa shape index (κ1) is 19.4. The van der Waals surface area contributed by atoms with Crippen LogP contribution in [0.4, 0.5) is 0 Å². The van der Waals surface area contributed by atoms with Crippen molar-refractivity contribution in [3.8, 4) is 0 Å². The molecule has 0 radical (unpaired) electrons. The van der Waals surface area contributed by atoms with Crippen molar-refractivity contribution in [2.24, 2.45) is 0 Å². The van der Waals surface area contributed by atoms with Crippen molar-refractivity contribution < 1.29 is 8.42 Å². The van der Waals surface area contributed by atoms with Crippen LogP contribution in [-0.4, -0.2) is 50.3 Å². The molecule has 1 saturated heterocycles. The highest BCUT2D eigenvalue weighted by Crippen LogP contribution is 2.16. The second kappa shape index (κ2) is 8.94. The maximum absolute atomic E-state index is 12.3. The lowest BCUT2D eigenvalue weighted by Gasteiger charge is -2.33. The fourth-order valence-corrected chi connectivity index (χ4v) is 4.29. The summed E-state index contributed by atoms with van der Waals surface area (Å²) < 4.78 is 28.9. The standard InChI is InChI=1S/C18H31N3O2S/c1-4-5-11-20(3)24(22,23)19-18-9-12-21(13-10-18)15-17-8-6-7-16(2)14-17/h6-8,14,18-19H,4-5,9-13,15H2,1-3H3. The van der Waals surface area contributed by atoms with Gasteiger partial charge in [0.25, 0.3) is 10.2 Å². The Morgan fingerprint density at radius 3 is 2.62 bits per heavy atom. The molecule has 1 aromatic rings. The highest BCUT2D eigenvalue weighted by Gasteiger charge is 2.25. The minimum absolute atomic E-state index is 0.0489. The topological polar surface area (TPSA) is 52.7 Å². The first-order chi connectivity index (χ1) is 11.4. The summed E-state index contributed by atoms with van der Waals surface area (Å²) in [5, 5.41) is 0. The Bertz CT molecular complexity index is 610. The molecule has 1 fully saturated rings. The zero-order valence-electron chi connectivity index (χ0n) is 15.2. The molecule has 1 aliphatic heterocycles. The third kappa shape index (κ3) is 5.84. The van der Waals surface area contributed by atoms with Crippen LogP contribution in [0.25, 0.3) is 0 Å². The molecule has 0 atom stereocenters. The lowest BCUT2D eigenvalue weighted by Crippen LogP contribution is -2.48. The van der Waals surface area contributed by atoms with Gasteiger partial charge >= 0.3 is 0 Å². The van der Waals surface area contributed by atoms with Crippen molar-refractivity contribution in [1.82, 2.24) is 13.9 Å². The van der Waals surface area contributed by atoms with Gasteiger partial charge in [0.05, 0.1) is 0 Å². The summed E-state index contributed by atoms with van der Waals surface area (Å²) in [7, 11) is -1.69. The first-order valence-corrected chi connectivity index (χ1v) is 10.4. The molecule has 0 spiro atoms. The van der Waals surface area contributed by atoms with Crippen LogP contribution in [0, 0.1) is 6.92 Å². The Hall–Kier alpha value is -0.950. The normalized spacial score (nSPS) is 17.5. The summed E-state index contributed by atoms with van der Waals surface area (Å²) in [6, 6.07) is 8.63. The molecule has 1 aliphatic rings. The summed E-state index contributed by atoms with van der Waals surface area (Å²) >= 11 is 0. The number of benzene rings is 1. The average Bonchev–Trinajstić information content (AvgIpc) is 2.54. The molecule has 136 valence electrons. The third-order valence-corrected chi connectivity index (χ3v) is 6.26. The fraction of sp³-hybridized carbons (Fsp3) is 0.667. The molecule has 6 heteroatoms. The molecule has 0 bridgehead atoms. The molecular formula is C18H31N3O2S. The molecule has 5 nitrogen and oxygen atoms in total. The molecule has 0 aromatic heterocycles. The molecule has 1 N–H and O–H groups in total. The van der Waals surface area contributed by atoms with Gasteiger partial charge in [0, 0.05) is 39.3 Å². The Labute approximate surface area is 147 Å². The van der Waals surface area contributed by atoms with Crippen LogP contribution in [0.1, 0.15) is 43.7 Å². The van der Waals surface area contributed by atoms with E-state index in [1.807, 2.05) is 0 Å². The van der Waals surface area contributed by atoms with Crippen LogP contribution < -0.4 is 4.72 Å². The molecule has 1 aromatic carbocycles. The second-order valence-electron chi connectivity index (χ2n) is 6.84. The number of unbranched alkanes of at least 4 members (excludes halogenated alkanes) is 1. The van der Waals surface area contributed by atoms with Crippen LogP contribution in [0.2, 0.25) is 0 Å². The van der Waals surface area contributed by atoms with Crippen molar-refractivity contribution in [2.45, 2.75) is 52.1 Å². The molecule has 0 unspecified atom stereocenters. The number of likely N-dealkylation sites (tertiary alicyclic amines) is 1. The molecule has 0 saturated carbocycles. The van der Waals surface area contributed by atoms with Crippen LogP contribution in [0.15, 0.2) is 24.3 Å². The number of nitrogens with one attached hydrogen (secondary N) is 1. The number of nitrogens with zero attached hydrogens (tertiary/aromatic N) is 2. The van der Waals surface area contributed by atoms with Crippen LogP contribution in [0.5, 0.6) is 0 Å².